The Morgan fingerprint density at radius 2 is 1.33 bits per heavy atom. The SMILES string of the molecule is COCCOc1cc(OC)cc(OC)c1. The molecule has 1 aromatic carbocycles. The number of rotatable bonds is 6. The average Bonchev–Trinajstić information content (AvgIpc) is 2.29. The van der Waals surface area contributed by atoms with Crippen LogP contribution in [0.3, 0.4) is 0 Å². The van der Waals surface area contributed by atoms with Crippen LogP contribution in [0.25, 0.3) is 0 Å². The number of hydrogen-bond donors (Lipinski definition) is 0. The molecule has 0 radical (unpaired) electrons. The van der Waals surface area contributed by atoms with Gasteiger partial charge in [-0.25, -0.2) is 0 Å². The Bertz CT molecular complexity index is 276. The molecule has 0 heterocycles. The molecule has 1 aromatic rings. The molecule has 1 rings (SSSR count). The maximum absolute atomic E-state index is 5.45. The monoisotopic (exact) mass is 212 g/mol. The average molecular weight is 212 g/mol. The van der Waals surface area contributed by atoms with E-state index >= 15 is 0 Å². The van der Waals surface area contributed by atoms with Gasteiger partial charge in [0.2, 0.25) is 0 Å². The Morgan fingerprint density at radius 1 is 0.800 bits per heavy atom. The van der Waals surface area contributed by atoms with E-state index in [2.05, 4.69) is 0 Å². The second-order valence-corrected chi connectivity index (χ2v) is 2.89. The standard InChI is InChI=1S/C11H16O4/c1-12-4-5-15-11-7-9(13-2)6-10(8-11)14-3/h6-8H,4-5H2,1-3H3. The first-order chi connectivity index (χ1) is 7.30. The fraction of sp³-hybridized carbons (Fsp3) is 0.455. The molecule has 0 atom stereocenters. The van der Waals surface area contributed by atoms with Crippen molar-refractivity contribution in [3.05, 3.63) is 18.2 Å². The Kier molecular flexibility index (Phi) is 4.77. The van der Waals surface area contributed by atoms with Gasteiger partial charge < -0.3 is 18.9 Å². The van der Waals surface area contributed by atoms with Gasteiger partial charge in [-0.3, -0.25) is 0 Å². The molecule has 15 heavy (non-hydrogen) atoms. The third-order valence-electron chi connectivity index (χ3n) is 1.88. The summed E-state index contributed by atoms with van der Waals surface area (Å²) in [6.07, 6.45) is 0. The van der Waals surface area contributed by atoms with Crippen molar-refractivity contribution in [1.29, 1.82) is 0 Å². The van der Waals surface area contributed by atoms with E-state index in [1.807, 2.05) is 0 Å². The maximum atomic E-state index is 5.45. The van der Waals surface area contributed by atoms with Crippen molar-refractivity contribution in [3.8, 4) is 17.2 Å². The van der Waals surface area contributed by atoms with Crippen molar-refractivity contribution in [1.82, 2.24) is 0 Å². The summed E-state index contributed by atoms with van der Waals surface area (Å²) in [5.74, 6) is 2.13. The smallest absolute Gasteiger partial charge is 0.126 e. The lowest BCUT2D eigenvalue weighted by Crippen LogP contribution is -2.04. The molecule has 0 fully saturated rings. The minimum Gasteiger partial charge on any atom is -0.496 e. The van der Waals surface area contributed by atoms with Crippen molar-refractivity contribution >= 4 is 0 Å². The quantitative estimate of drug-likeness (QED) is 0.673. The van der Waals surface area contributed by atoms with Gasteiger partial charge in [0.1, 0.15) is 23.9 Å². The van der Waals surface area contributed by atoms with Crippen LogP contribution < -0.4 is 14.2 Å². The van der Waals surface area contributed by atoms with Crippen LogP contribution in [0, 0.1) is 0 Å². The molecular weight excluding hydrogens is 196 g/mol. The van der Waals surface area contributed by atoms with Gasteiger partial charge in [0, 0.05) is 25.3 Å². The highest BCUT2D eigenvalue weighted by molar-refractivity contribution is 5.41. The third kappa shape index (κ3) is 3.67. The Labute approximate surface area is 89.7 Å². The highest BCUT2D eigenvalue weighted by atomic mass is 16.5. The molecule has 4 heteroatoms. The zero-order chi connectivity index (χ0) is 11.1. The zero-order valence-electron chi connectivity index (χ0n) is 9.28. The van der Waals surface area contributed by atoms with E-state index < -0.39 is 0 Å². The van der Waals surface area contributed by atoms with Crippen LogP contribution in [-0.2, 0) is 4.74 Å². The zero-order valence-corrected chi connectivity index (χ0v) is 9.28. The van der Waals surface area contributed by atoms with Gasteiger partial charge in [0.25, 0.3) is 0 Å². The molecule has 84 valence electrons. The third-order valence-corrected chi connectivity index (χ3v) is 1.88. The normalized spacial score (nSPS) is 9.80. The Hall–Kier alpha value is -1.42. The van der Waals surface area contributed by atoms with Crippen molar-refractivity contribution in [2.45, 2.75) is 0 Å². The van der Waals surface area contributed by atoms with Gasteiger partial charge in [-0.1, -0.05) is 0 Å². The number of hydrogen-bond acceptors (Lipinski definition) is 4. The predicted molar refractivity (Wildman–Crippen MR) is 56.9 cm³/mol. The van der Waals surface area contributed by atoms with Gasteiger partial charge >= 0.3 is 0 Å². The molecule has 0 N–H and O–H groups in total. The summed E-state index contributed by atoms with van der Waals surface area (Å²) >= 11 is 0. The Morgan fingerprint density at radius 3 is 1.80 bits per heavy atom. The summed E-state index contributed by atoms with van der Waals surface area (Å²) < 4.78 is 20.6. The molecule has 0 aromatic heterocycles. The van der Waals surface area contributed by atoms with E-state index in [1.54, 1.807) is 39.5 Å². The molecule has 0 saturated carbocycles. The molecule has 0 aliphatic carbocycles. The number of methoxy groups -OCH3 is 3. The van der Waals surface area contributed by atoms with Crippen LogP contribution in [0.2, 0.25) is 0 Å². The summed E-state index contributed by atoms with van der Waals surface area (Å²) in [6, 6.07) is 5.40. The largest absolute Gasteiger partial charge is 0.496 e. The van der Waals surface area contributed by atoms with Gasteiger partial charge in [-0.15, -0.1) is 0 Å². The molecule has 0 bridgehead atoms. The van der Waals surface area contributed by atoms with Crippen molar-refractivity contribution in [2.24, 2.45) is 0 Å². The second kappa shape index (κ2) is 6.14. The molecule has 0 aliphatic rings. The van der Waals surface area contributed by atoms with Crippen molar-refractivity contribution in [3.63, 3.8) is 0 Å². The molecule has 0 spiro atoms. The first-order valence-corrected chi connectivity index (χ1v) is 4.65. The van der Waals surface area contributed by atoms with Crippen molar-refractivity contribution < 1.29 is 18.9 Å². The highest BCUT2D eigenvalue weighted by Crippen LogP contribution is 2.27. The second-order valence-electron chi connectivity index (χ2n) is 2.89. The van der Waals surface area contributed by atoms with Crippen LogP contribution in [0.15, 0.2) is 18.2 Å². The van der Waals surface area contributed by atoms with E-state index in [0.29, 0.717) is 30.5 Å². The minimum atomic E-state index is 0.507. The highest BCUT2D eigenvalue weighted by Gasteiger charge is 2.02. The van der Waals surface area contributed by atoms with E-state index in [1.165, 1.54) is 0 Å². The van der Waals surface area contributed by atoms with Crippen LogP contribution in [0.4, 0.5) is 0 Å². The lowest BCUT2D eigenvalue weighted by molar-refractivity contribution is 0.146. The maximum Gasteiger partial charge on any atom is 0.126 e. The molecule has 0 unspecified atom stereocenters. The lowest BCUT2D eigenvalue weighted by Gasteiger charge is -2.09. The molecule has 0 saturated heterocycles. The van der Waals surface area contributed by atoms with E-state index in [-0.39, 0.29) is 0 Å². The van der Waals surface area contributed by atoms with E-state index in [9.17, 15) is 0 Å². The predicted octanol–water partition coefficient (Wildman–Crippen LogP) is 1.73. The summed E-state index contributed by atoms with van der Waals surface area (Å²) in [5.41, 5.74) is 0. The van der Waals surface area contributed by atoms with Crippen molar-refractivity contribution in [2.75, 3.05) is 34.5 Å². The summed E-state index contributed by atoms with van der Waals surface area (Å²) in [7, 11) is 4.84. The van der Waals surface area contributed by atoms with Gasteiger partial charge in [-0.05, 0) is 0 Å². The van der Waals surface area contributed by atoms with Gasteiger partial charge in [-0.2, -0.15) is 0 Å². The number of benzene rings is 1. The minimum absolute atomic E-state index is 0.507. The lowest BCUT2D eigenvalue weighted by atomic mass is 10.3. The molecule has 4 nitrogen and oxygen atoms in total. The Balaban J connectivity index is 2.68. The fourth-order valence-electron chi connectivity index (χ4n) is 1.11. The fourth-order valence-corrected chi connectivity index (χ4v) is 1.11. The topological polar surface area (TPSA) is 36.9 Å². The van der Waals surface area contributed by atoms with Crippen LogP contribution >= 0.6 is 0 Å². The van der Waals surface area contributed by atoms with Gasteiger partial charge in [0.15, 0.2) is 0 Å². The van der Waals surface area contributed by atoms with E-state index in [4.69, 9.17) is 18.9 Å². The first kappa shape index (κ1) is 11.7. The summed E-state index contributed by atoms with van der Waals surface area (Å²) in [4.78, 5) is 0. The molecular formula is C11H16O4. The summed E-state index contributed by atoms with van der Waals surface area (Å²) in [6.45, 7) is 1.06. The molecule has 0 amide bonds. The molecule has 0 aliphatic heterocycles. The van der Waals surface area contributed by atoms with E-state index in [0.717, 1.165) is 0 Å². The van der Waals surface area contributed by atoms with Gasteiger partial charge in [0.05, 0.1) is 20.8 Å². The van der Waals surface area contributed by atoms with Crippen LogP contribution in [0.1, 0.15) is 0 Å². The van der Waals surface area contributed by atoms with Crippen LogP contribution in [-0.4, -0.2) is 34.5 Å². The number of ether oxygens (including phenoxy) is 4. The first-order valence-electron chi connectivity index (χ1n) is 4.65. The van der Waals surface area contributed by atoms with Crippen LogP contribution in [0.5, 0.6) is 17.2 Å². The summed E-state index contributed by atoms with van der Waals surface area (Å²) in [5, 5.41) is 0.